The summed E-state index contributed by atoms with van der Waals surface area (Å²) in [4.78, 5) is 28.2. The Morgan fingerprint density at radius 1 is 1.31 bits per heavy atom. The molecule has 26 heavy (non-hydrogen) atoms. The molecule has 1 aromatic rings. The zero-order chi connectivity index (χ0) is 19.1. The lowest BCUT2D eigenvalue weighted by atomic mass is 9.93. The van der Waals surface area contributed by atoms with E-state index in [1.54, 1.807) is 4.90 Å². The van der Waals surface area contributed by atoms with Gasteiger partial charge in [-0.1, -0.05) is 12.1 Å². The SMILES string of the molecule is Cc1cccc(N2CC(C(=O)N3CCC(F)(F)C(CO)C3)CC2=O)c1C. The van der Waals surface area contributed by atoms with E-state index in [-0.39, 0.29) is 37.9 Å². The van der Waals surface area contributed by atoms with Gasteiger partial charge in [0.05, 0.1) is 18.4 Å². The molecule has 2 amide bonds. The minimum atomic E-state index is -2.96. The third-order valence-electron chi connectivity index (χ3n) is 5.63. The summed E-state index contributed by atoms with van der Waals surface area (Å²) in [6, 6.07) is 5.69. The Morgan fingerprint density at radius 2 is 2.04 bits per heavy atom. The van der Waals surface area contributed by atoms with Gasteiger partial charge in [0.15, 0.2) is 0 Å². The van der Waals surface area contributed by atoms with Crippen molar-refractivity contribution in [2.24, 2.45) is 11.8 Å². The molecule has 5 nitrogen and oxygen atoms in total. The molecule has 1 N–H and O–H groups in total. The lowest BCUT2D eigenvalue weighted by Crippen LogP contribution is -2.52. The summed E-state index contributed by atoms with van der Waals surface area (Å²) in [6.45, 7) is 3.29. The second kappa shape index (κ2) is 6.95. The molecule has 0 spiro atoms. The van der Waals surface area contributed by atoms with E-state index in [9.17, 15) is 23.5 Å². The predicted octanol–water partition coefficient (Wildman–Crippen LogP) is 2.13. The quantitative estimate of drug-likeness (QED) is 0.892. The van der Waals surface area contributed by atoms with E-state index in [0.717, 1.165) is 16.8 Å². The largest absolute Gasteiger partial charge is 0.396 e. The third kappa shape index (κ3) is 3.32. The molecule has 2 saturated heterocycles. The first-order chi connectivity index (χ1) is 12.2. The van der Waals surface area contributed by atoms with Crippen LogP contribution in [0.15, 0.2) is 18.2 Å². The van der Waals surface area contributed by atoms with Gasteiger partial charge in [-0.2, -0.15) is 0 Å². The van der Waals surface area contributed by atoms with E-state index in [4.69, 9.17) is 0 Å². The Kier molecular flexibility index (Phi) is 5.01. The van der Waals surface area contributed by atoms with Gasteiger partial charge in [0.25, 0.3) is 5.92 Å². The number of likely N-dealkylation sites (tertiary alicyclic amines) is 1. The van der Waals surface area contributed by atoms with Crippen molar-refractivity contribution >= 4 is 17.5 Å². The van der Waals surface area contributed by atoms with E-state index < -0.39 is 30.8 Å². The number of carbonyl (C=O) groups is 2. The number of nitrogens with zero attached hydrogens (tertiary/aromatic N) is 2. The molecule has 3 rings (SSSR count). The second-order valence-electron chi connectivity index (χ2n) is 7.30. The average molecular weight is 366 g/mol. The van der Waals surface area contributed by atoms with Crippen molar-refractivity contribution in [2.45, 2.75) is 32.6 Å². The van der Waals surface area contributed by atoms with Crippen LogP contribution in [0.3, 0.4) is 0 Å². The molecule has 2 atom stereocenters. The van der Waals surface area contributed by atoms with Gasteiger partial charge in [0.2, 0.25) is 11.8 Å². The van der Waals surface area contributed by atoms with Crippen molar-refractivity contribution in [3.8, 4) is 0 Å². The molecule has 0 radical (unpaired) electrons. The zero-order valence-corrected chi connectivity index (χ0v) is 15.0. The van der Waals surface area contributed by atoms with Crippen LogP contribution >= 0.6 is 0 Å². The first-order valence-corrected chi connectivity index (χ1v) is 8.88. The van der Waals surface area contributed by atoms with Crippen molar-refractivity contribution in [1.29, 1.82) is 0 Å². The summed E-state index contributed by atoms with van der Waals surface area (Å²) in [5, 5.41) is 9.20. The monoisotopic (exact) mass is 366 g/mol. The highest BCUT2D eigenvalue weighted by atomic mass is 19.3. The molecule has 2 unspecified atom stereocenters. The van der Waals surface area contributed by atoms with Crippen molar-refractivity contribution in [3.05, 3.63) is 29.3 Å². The summed E-state index contributed by atoms with van der Waals surface area (Å²) in [5.74, 6) is -5.14. The summed E-state index contributed by atoms with van der Waals surface area (Å²) < 4.78 is 27.5. The smallest absolute Gasteiger partial charge is 0.256 e. The number of piperidine rings is 1. The number of hydrogen-bond donors (Lipinski definition) is 1. The Hall–Kier alpha value is -2.02. The van der Waals surface area contributed by atoms with Crippen LogP contribution in [0.25, 0.3) is 0 Å². The summed E-state index contributed by atoms with van der Waals surface area (Å²) in [7, 11) is 0. The highest BCUT2D eigenvalue weighted by Gasteiger charge is 2.46. The van der Waals surface area contributed by atoms with Gasteiger partial charge in [-0.25, -0.2) is 8.78 Å². The Balaban J connectivity index is 1.72. The minimum absolute atomic E-state index is 0.0451. The molecule has 1 aromatic carbocycles. The lowest BCUT2D eigenvalue weighted by Gasteiger charge is -2.38. The molecular weight excluding hydrogens is 342 g/mol. The van der Waals surface area contributed by atoms with E-state index in [1.165, 1.54) is 4.90 Å². The number of halogens is 2. The molecule has 142 valence electrons. The molecule has 2 aliphatic heterocycles. The molecule has 0 bridgehead atoms. The highest BCUT2D eigenvalue weighted by molar-refractivity contribution is 6.01. The van der Waals surface area contributed by atoms with Crippen molar-refractivity contribution in [2.75, 3.05) is 31.1 Å². The number of aliphatic hydroxyl groups excluding tert-OH is 1. The fraction of sp³-hybridized carbons (Fsp3) is 0.579. The molecule has 0 aliphatic carbocycles. The first kappa shape index (κ1) is 18.8. The molecule has 0 saturated carbocycles. The van der Waals surface area contributed by atoms with Crippen molar-refractivity contribution in [1.82, 2.24) is 4.90 Å². The van der Waals surface area contributed by atoms with Crippen LogP contribution in [0.4, 0.5) is 14.5 Å². The van der Waals surface area contributed by atoms with Gasteiger partial charge in [-0.3, -0.25) is 9.59 Å². The lowest BCUT2D eigenvalue weighted by molar-refractivity contribution is -0.152. The number of rotatable bonds is 3. The Labute approximate surface area is 151 Å². The second-order valence-corrected chi connectivity index (χ2v) is 7.30. The highest BCUT2D eigenvalue weighted by Crippen LogP contribution is 2.35. The average Bonchev–Trinajstić information content (AvgIpc) is 2.98. The number of benzene rings is 1. The number of aryl methyl sites for hydroxylation is 1. The Morgan fingerprint density at radius 3 is 2.73 bits per heavy atom. The van der Waals surface area contributed by atoms with E-state index >= 15 is 0 Å². The maximum Gasteiger partial charge on any atom is 0.256 e. The topological polar surface area (TPSA) is 60.9 Å². The normalized spacial score (nSPS) is 25.7. The van der Waals surface area contributed by atoms with Crippen LogP contribution < -0.4 is 4.90 Å². The van der Waals surface area contributed by atoms with Crippen LogP contribution in [0, 0.1) is 25.7 Å². The standard InChI is InChI=1S/C19H24F2N2O3/c1-12-4-3-5-16(13(12)2)23-9-14(8-17(23)25)18(26)22-7-6-19(20,21)15(10-22)11-24/h3-5,14-15,24H,6-11H2,1-2H3. The van der Waals surface area contributed by atoms with Gasteiger partial charge in [-0.15, -0.1) is 0 Å². The van der Waals surface area contributed by atoms with Crippen LogP contribution in [-0.4, -0.2) is 54.0 Å². The number of hydrogen-bond acceptors (Lipinski definition) is 3. The van der Waals surface area contributed by atoms with Gasteiger partial charge in [-0.05, 0) is 31.0 Å². The van der Waals surface area contributed by atoms with Crippen molar-refractivity contribution in [3.63, 3.8) is 0 Å². The van der Waals surface area contributed by atoms with E-state index in [2.05, 4.69) is 0 Å². The fourth-order valence-electron chi connectivity index (χ4n) is 3.76. The minimum Gasteiger partial charge on any atom is -0.396 e. The summed E-state index contributed by atoms with van der Waals surface area (Å²) in [6.07, 6.45) is -0.367. The third-order valence-corrected chi connectivity index (χ3v) is 5.63. The number of anilines is 1. The van der Waals surface area contributed by atoms with E-state index in [0.29, 0.717) is 0 Å². The summed E-state index contributed by atoms with van der Waals surface area (Å²) in [5.41, 5.74) is 2.85. The van der Waals surface area contributed by atoms with Gasteiger partial charge in [0, 0.05) is 38.2 Å². The molecule has 2 fully saturated rings. The molecule has 7 heteroatoms. The first-order valence-electron chi connectivity index (χ1n) is 8.88. The van der Waals surface area contributed by atoms with E-state index in [1.807, 2.05) is 32.0 Å². The molecular formula is C19H24F2N2O3. The molecule has 2 heterocycles. The van der Waals surface area contributed by atoms with Crippen LogP contribution in [0.5, 0.6) is 0 Å². The molecule has 0 aromatic heterocycles. The number of aliphatic hydroxyl groups is 1. The van der Waals surface area contributed by atoms with Crippen LogP contribution in [-0.2, 0) is 9.59 Å². The van der Waals surface area contributed by atoms with Crippen LogP contribution in [0.1, 0.15) is 24.0 Å². The summed E-state index contributed by atoms with van der Waals surface area (Å²) >= 11 is 0. The number of alkyl halides is 2. The zero-order valence-electron chi connectivity index (χ0n) is 15.0. The number of amides is 2. The van der Waals surface area contributed by atoms with Gasteiger partial charge < -0.3 is 14.9 Å². The van der Waals surface area contributed by atoms with Gasteiger partial charge >= 0.3 is 0 Å². The Bertz CT molecular complexity index is 723. The maximum atomic E-state index is 13.8. The predicted molar refractivity (Wildman–Crippen MR) is 93.1 cm³/mol. The fourth-order valence-corrected chi connectivity index (χ4v) is 3.76. The number of carbonyl (C=O) groups excluding carboxylic acids is 2. The van der Waals surface area contributed by atoms with Crippen LogP contribution in [0.2, 0.25) is 0 Å². The maximum absolute atomic E-state index is 13.8. The van der Waals surface area contributed by atoms with Gasteiger partial charge in [0.1, 0.15) is 0 Å². The molecule has 2 aliphatic rings. The van der Waals surface area contributed by atoms with Crippen molar-refractivity contribution < 1.29 is 23.5 Å².